The van der Waals surface area contributed by atoms with Crippen molar-refractivity contribution >= 4 is 38.4 Å². The summed E-state index contributed by atoms with van der Waals surface area (Å²) >= 11 is 4.97. The van der Waals surface area contributed by atoms with Crippen molar-refractivity contribution in [1.82, 2.24) is 10.3 Å². The molecule has 2 rings (SSSR count). The molecule has 2 N–H and O–H groups in total. The number of carbonyl (C=O) groups is 1. The third kappa shape index (κ3) is 6.32. The number of nitrogens with one attached hydrogen (secondary N) is 2. The van der Waals surface area contributed by atoms with Gasteiger partial charge >= 0.3 is 6.03 Å². The Morgan fingerprint density at radius 3 is 2.72 bits per heavy atom. The Morgan fingerprint density at radius 1 is 1.36 bits per heavy atom. The van der Waals surface area contributed by atoms with Crippen LogP contribution >= 0.6 is 27.3 Å². The molecule has 0 bridgehead atoms. The van der Waals surface area contributed by atoms with E-state index in [0.717, 1.165) is 22.3 Å². The molecule has 25 heavy (non-hydrogen) atoms. The number of thiazole rings is 1. The van der Waals surface area contributed by atoms with Gasteiger partial charge in [0.2, 0.25) is 0 Å². The molecule has 0 aliphatic rings. The predicted octanol–water partition coefficient (Wildman–Crippen LogP) is 5.10. The van der Waals surface area contributed by atoms with Crippen LogP contribution in [0.4, 0.5) is 9.93 Å². The minimum absolute atomic E-state index is 0.105. The van der Waals surface area contributed by atoms with Gasteiger partial charge in [0.1, 0.15) is 5.75 Å². The number of hydrogen-bond donors (Lipinski definition) is 2. The van der Waals surface area contributed by atoms with Gasteiger partial charge < -0.3 is 10.1 Å². The maximum atomic E-state index is 11.7. The van der Waals surface area contributed by atoms with Crippen molar-refractivity contribution < 1.29 is 9.53 Å². The average molecular weight is 426 g/mol. The predicted molar refractivity (Wildman–Crippen MR) is 107 cm³/mol. The van der Waals surface area contributed by atoms with E-state index in [-0.39, 0.29) is 11.4 Å². The highest BCUT2D eigenvalue weighted by Gasteiger charge is 2.15. The molecule has 5 nitrogen and oxygen atoms in total. The molecule has 2 aromatic rings. The molecule has 136 valence electrons. The van der Waals surface area contributed by atoms with Crippen molar-refractivity contribution in [2.75, 3.05) is 18.5 Å². The zero-order valence-corrected chi connectivity index (χ0v) is 17.4. The molecular weight excluding hydrogens is 402 g/mol. The third-order valence-corrected chi connectivity index (χ3v) is 5.00. The first-order valence-electron chi connectivity index (χ1n) is 8.15. The summed E-state index contributed by atoms with van der Waals surface area (Å²) in [6, 6.07) is 5.92. The number of amides is 2. The number of aromatic nitrogens is 1. The fourth-order valence-electron chi connectivity index (χ4n) is 2.09. The van der Waals surface area contributed by atoms with Crippen LogP contribution in [0.15, 0.2) is 28.1 Å². The topological polar surface area (TPSA) is 63.2 Å². The maximum Gasteiger partial charge on any atom is 0.321 e. The lowest BCUT2D eigenvalue weighted by Crippen LogP contribution is -2.30. The van der Waals surface area contributed by atoms with Crippen LogP contribution in [0.2, 0.25) is 0 Å². The lowest BCUT2D eigenvalue weighted by atomic mass is 9.87. The lowest BCUT2D eigenvalue weighted by molar-refractivity contribution is 0.250. The van der Waals surface area contributed by atoms with Crippen molar-refractivity contribution in [3.8, 4) is 5.75 Å². The van der Waals surface area contributed by atoms with Crippen LogP contribution in [0.3, 0.4) is 0 Å². The van der Waals surface area contributed by atoms with Gasteiger partial charge in [-0.3, -0.25) is 5.32 Å². The number of anilines is 1. The molecule has 0 spiro atoms. The van der Waals surface area contributed by atoms with E-state index < -0.39 is 0 Å². The highest BCUT2D eigenvalue weighted by atomic mass is 79.9. The smallest absolute Gasteiger partial charge is 0.321 e. The standard InChI is InChI=1S/C18H24BrN3O2S/c1-12-11-25-17(21-12)22-16(23)20-8-5-9-24-15-7-6-13(10-14(15)19)18(2,3)4/h6-7,10-11H,5,8-9H2,1-4H3,(H2,20,21,22,23). The van der Waals surface area contributed by atoms with Crippen LogP contribution in [0, 0.1) is 6.92 Å². The van der Waals surface area contributed by atoms with Gasteiger partial charge in [0.25, 0.3) is 0 Å². The van der Waals surface area contributed by atoms with E-state index in [9.17, 15) is 4.79 Å². The summed E-state index contributed by atoms with van der Waals surface area (Å²) in [5, 5.41) is 8.01. The van der Waals surface area contributed by atoms with Gasteiger partial charge in [-0.2, -0.15) is 0 Å². The van der Waals surface area contributed by atoms with Crippen LogP contribution in [0.25, 0.3) is 0 Å². The number of aryl methyl sites for hydroxylation is 1. The number of hydrogen-bond acceptors (Lipinski definition) is 4. The molecule has 2 amide bonds. The van der Waals surface area contributed by atoms with Gasteiger partial charge in [-0.25, -0.2) is 9.78 Å². The molecule has 1 heterocycles. The van der Waals surface area contributed by atoms with Crippen LogP contribution < -0.4 is 15.4 Å². The van der Waals surface area contributed by atoms with Crippen molar-refractivity contribution in [1.29, 1.82) is 0 Å². The summed E-state index contributed by atoms with van der Waals surface area (Å²) in [4.78, 5) is 15.9. The Morgan fingerprint density at radius 2 is 2.12 bits per heavy atom. The van der Waals surface area contributed by atoms with E-state index in [0.29, 0.717) is 18.3 Å². The number of halogens is 1. The summed E-state index contributed by atoms with van der Waals surface area (Å²) in [7, 11) is 0. The fourth-order valence-corrected chi connectivity index (χ4v) is 3.27. The van der Waals surface area contributed by atoms with Gasteiger partial charge in [0, 0.05) is 11.9 Å². The van der Waals surface area contributed by atoms with Crippen molar-refractivity contribution in [2.45, 2.75) is 39.5 Å². The van der Waals surface area contributed by atoms with Crippen molar-refractivity contribution in [3.63, 3.8) is 0 Å². The second-order valence-electron chi connectivity index (χ2n) is 6.77. The van der Waals surface area contributed by atoms with Crippen LogP contribution in [0.5, 0.6) is 5.75 Å². The molecule has 0 radical (unpaired) electrons. The first-order chi connectivity index (χ1) is 11.8. The molecule has 0 aliphatic carbocycles. The molecule has 7 heteroatoms. The molecule has 0 saturated heterocycles. The summed E-state index contributed by atoms with van der Waals surface area (Å²) in [5.74, 6) is 0.815. The Kier molecular flexibility index (Phi) is 6.84. The number of benzene rings is 1. The monoisotopic (exact) mass is 425 g/mol. The summed E-state index contributed by atoms with van der Waals surface area (Å²) in [5.41, 5.74) is 2.26. The average Bonchev–Trinajstić information content (AvgIpc) is 2.92. The largest absolute Gasteiger partial charge is 0.492 e. The molecule has 0 saturated carbocycles. The van der Waals surface area contributed by atoms with Crippen molar-refractivity contribution in [2.24, 2.45) is 0 Å². The highest BCUT2D eigenvalue weighted by Crippen LogP contribution is 2.31. The number of carbonyl (C=O) groups excluding carboxylic acids is 1. The minimum atomic E-state index is -0.245. The highest BCUT2D eigenvalue weighted by molar-refractivity contribution is 9.10. The van der Waals surface area contributed by atoms with E-state index in [4.69, 9.17) is 4.74 Å². The molecule has 0 aliphatic heterocycles. The second-order valence-corrected chi connectivity index (χ2v) is 8.48. The van der Waals surface area contributed by atoms with Crippen molar-refractivity contribution in [3.05, 3.63) is 39.3 Å². The second kappa shape index (κ2) is 8.67. The van der Waals surface area contributed by atoms with Gasteiger partial charge in [-0.1, -0.05) is 26.8 Å². The SMILES string of the molecule is Cc1csc(NC(=O)NCCCOc2ccc(C(C)(C)C)cc2Br)n1. The summed E-state index contributed by atoms with van der Waals surface area (Å²) in [6.07, 6.45) is 0.720. The molecule has 1 aromatic carbocycles. The van der Waals surface area contributed by atoms with Crippen LogP contribution in [-0.2, 0) is 5.41 Å². The zero-order chi connectivity index (χ0) is 18.4. The van der Waals surface area contributed by atoms with Gasteiger partial charge in [0.15, 0.2) is 5.13 Å². The molecular formula is C18H24BrN3O2S. The number of nitrogens with zero attached hydrogens (tertiary/aromatic N) is 1. The molecule has 0 fully saturated rings. The van der Waals surface area contributed by atoms with E-state index in [2.05, 4.69) is 64.5 Å². The first-order valence-corrected chi connectivity index (χ1v) is 9.83. The number of ether oxygens (including phenoxy) is 1. The first kappa shape index (κ1) is 19.7. The Hall–Kier alpha value is -1.60. The minimum Gasteiger partial charge on any atom is -0.492 e. The molecule has 0 unspecified atom stereocenters. The molecule has 0 atom stereocenters. The Bertz CT molecular complexity index is 725. The number of rotatable bonds is 6. The Labute approximate surface area is 161 Å². The van der Waals surface area contributed by atoms with E-state index in [1.54, 1.807) is 0 Å². The third-order valence-electron chi connectivity index (χ3n) is 3.50. The van der Waals surface area contributed by atoms with Gasteiger partial charge in [-0.15, -0.1) is 11.3 Å². The quantitative estimate of drug-likeness (QED) is 0.632. The zero-order valence-electron chi connectivity index (χ0n) is 15.0. The van der Waals surface area contributed by atoms with E-state index in [1.165, 1.54) is 16.9 Å². The van der Waals surface area contributed by atoms with E-state index in [1.807, 2.05) is 18.4 Å². The number of urea groups is 1. The Balaban J connectivity index is 1.70. The van der Waals surface area contributed by atoms with E-state index >= 15 is 0 Å². The fraction of sp³-hybridized carbons (Fsp3) is 0.444. The van der Waals surface area contributed by atoms with Gasteiger partial charge in [-0.05, 0) is 52.4 Å². The lowest BCUT2D eigenvalue weighted by Gasteiger charge is -2.20. The maximum absolute atomic E-state index is 11.7. The van der Waals surface area contributed by atoms with Gasteiger partial charge in [0.05, 0.1) is 16.8 Å². The normalized spacial score (nSPS) is 11.2. The summed E-state index contributed by atoms with van der Waals surface area (Å²) < 4.78 is 6.73. The van der Waals surface area contributed by atoms with Crippen LogP contribution in [-0.4, -0.2) is 24.2 Å². The molecule has 1 aromatic heterocycles. The summed E-state index contributed by atoms with van der Waals surface area (Å²) in [6.45, 7) is 9.50. The van der Waals surface area contributed by atoms with Crippen LogP contribution in [0.1, 0.15) is 38.4 Å².